The number of likely N-dealkylation sites (tertiary alicyclic amines) is 1. The highest BCUT2D eigenvalue weighted by Crippen LogP contribution is 2.31. The molecule has 0 saturated carbocycles. The van der Waals surface area contributed by atoms with Crippen molar-refractivity contribution in [2.75, 3.05) is 33.4 Å². The van der Waals surface area contributed by atoms with E-state index in [2.05, 4.69) is 32.0 Å². The largest absolute Gasteiger partial charge is 0.416 e. The summed E-state index contributed by atoms with van der Waals surface area (Å²) in [6.45, 7) is 11.7. The van der Waals surface area contributed by atoms with Gasteiger partial charge >= 0.3 is 6.18 Å². The number of nitrogens with zero attached hydrogens (tertiary/aromatic N) is 4. The molecule has 4 heterocycles. The van der Waals surface area contributed by atoms with Crippen molar-refractivity contribution in [2.45, 2.75) is 40.3 Å². The fourth-order valence-electron chi connectivity index (χ4n) is 4.35. The molecule has 1 fully saturated rings. The lowest BCUT2D eigenvalue weighted by Crippen LogP contribution is -2.24. The fraction of sp³-hybridized carbons (Fsp3) is 0.400. The van der Waals surface area contributed by atoms with Gasteiger partial charge in [0.25, 0.3) is 0 Å². The number of ether oxygens (including phenoxy) is 1. The molecule has 0 bridgehead atoms. The second-order valence-corrected chi connectivity index (χ2v) is 9.94. The van der Waals surface area contributed by atoms with Gasteiger partial charge in [-0.1, -0.05) is 25.1 Å². The van der Waals surface area contributed by atoms with Gasteiger partial charge in [0.05, 0.1) is 17.9 Å². The van der Waals surface area contributed by atoms with Crippen LogP contribution in [0.25, 0.3) is 22.3 Å². The van der Waals surface area contributed by atoms with Gasteiger partial charge in [-0.3, -0.25) is 14.9 Å². The van der Waals surface area contributed by atoms with Crippen LogP contribution in [-0.4, -0.2) is 64.2 Å². The summed E-state index contributed by atoms with van der Waals surface area (Å²) in [4.78, 5) is 22.3. The number of hydrogen-bond donors (Lipinski definition) is 1. The third-order valence-electron chi connectivity index (χ3n) is 6.57. The lowest BCUT2D eigenvalue weighted by Gasteiger charge is -2.13. The molecule has 3 aromatic heterocycles. The van der Waals surface area contributed by atoms with Gasteiger partial charge in [-0.2, -0.15) is 18.3 Å². The molecular weight excluding hydrogens is 519 g/mol. The highest BCUT2D eigenvalue weighted by atomic mass is 19.4. The zero-order valence-corrected chi connectivity index (χ0v) is 23.5. The first kappa shape index (κ1) is 30.9. The zero-order chi connectivity index (χ0) is 29.3. The van der Waals surface area contributed by atoms with Gasteiger partial charge in [-0.15, -0.1) is 0 Å². The maximum Gasteiger partial charge on any atom is 0.416 e. The maximum absolute atomic E-state index is 12.0. The number of halogens is 3. The number of aromatic nitrogens is 4. The zero-order valence-electron chi connectivity index (χ0n) is 23.5. The van der Waals surface area contributed by atoms with Crippen molar-refractivity contribution in [3.8, 4) is 11.3 Å². The Morgan fingerprint density at radius 3 is 2.48 bits per heavy atom. The monoisotopic (exact) mass is 555 g/mol. The van der Waals surface area contributed by atoms with E-state index in [1.807, 2.05) is 25.1 Å². The Kier molecular flexibility index (Phi) is 10.9. The molecule has 1 atom stereocenters. The Bertz CT molecular complexity index is 1400. The van der Waals surface area contributed by atoms with Gasteiger partial charge < -0.3 is 9.64 Å². The molecule has 1 aliphatic heterocycles. The van der Waals surface area contributed by atoms with E-state index in [0.29, 0.717) is 11.2 Å². The lowest BCUT2D eigenvalue weighted by molar-refractivity contribution is -0.138. The average molecular weight is 556 g/mol. The minimum Gasteiger partial charge on any atom is -0.383 e. The molecule has 1 N–H and O–H groups in total. The van der Waals surface area contributed by atoms with Gasteiger partial charge in [0, 0.05) is 54.8 Å². The van der Waals surface area contributed by atoms with Crippen molar-refractivity contribution in [2.24, 2.45) is 5.92 Å². The van der Waals surface area contributed by atoms with E-state index in [1.165, 1.54) is 45.5 Å². The topological polar surface area (TPSA) is 84.0 Å². The molecule has 0 aliphatic carbocycles. The summed E-state index contributed by atoms with van der Waals surface area (Å²) in [5, 5.41) is 7.97. The minimum atomic E-state index is -4.22. The highest BCUT2D eigenvalue weighted by molar-refractivity contribution is 5.99. The summed E-state index contributed by atoms with van der Waals surface area (Å²) in [5.74, 6) is 0.893. The SMILES string of the molecule is CC(=O)c1cnc2n[nH]c(-c3ccnc(C)c3)c2c1.COCCN1CCC(C)C1.Cc1ccccc1C(F)(F)F. The van der Waals surface area contributed by atoms with Crippen LogP contribution in [0.1, 0.15) is 47.4 Å². The number of fused-ring (bicyclic) bond motifs is 1. The number of aromatic amines is 1. The molecule has 7 nitrogen and oxygen atoms in total. The number of alkyl halides is 3. The molecule has 10 heteroatoms. The van der Waals surface area contributed by atoms with Crippen molar-refractivity contribution in [3.05, 3.63) is 77.2 Å². The van der Waals surface area contributed by atoms with Gasteiger partial charge in [-0.05, 0) is 69.5 Å². The predicted molar refractivity (Wildman–Crippen MR) is 150 cm³/mol. The van der Waals surface area contributed by atoms with E-state index >= 15 is 0 Å². The number of benzene rings is 1. The Balaban J connectivity index is 0.000000180. The van der Waals surface area contributed by atoms with Crippen molar-refractivity contribution < 1.29 is 22.7 Å². The number of methoxy groups -OCH3 is 1. The van der Waals surface area contributed by atoms with Crippen molar-refractivity contribution in [3.63, 3.8) is 0 Å². The van der Waals surface area contributed by atoms with Crippen LogP contribution in [0.4, 0.5) is 13.2 Å². The number of nitrogens with one attached hydrogen (secondary N) is 1. The van der Waals surface area contributed by atoms with Crippen LogP contribution in [0.15, 0.2) is 54.9 Å². The number of aryl methyl sites for hydroxylation is 2. The van der Waals surface area contributed by atoms with Crippen LogP contribution in [0.3, 0.4) is 0 Å². The van der Waals surface area contributed by atoms with Gasteiger partial charge in [0.1, 0.15) is 0 Å². The molecule has 0 radical (unpaired) electrons. The quantitative estimate of drug-likeness (QED) is 0.282. The molecule has 4 aromatic rings. The van der Waals surface area contributed by atoms with E-state index < -0.39 is 11.7 Å². The minimum absolute atomic E-state index is 0.00698. The van der Waals surface area contributed by atoms with Crippen LogP contribution in [-0.2, 0) is 10.9 Å². The Morgan fingerprint density at radius 1 is 1.15 bits per heavy atom. The summed E-state index contributed by atoms with van der Waals surface area (Å²) >= 11 is 0. The number of carbonyl (C=O) groups is 1. The summed E-state index contributed by atoms with van der Waals surface area (Å²) in [6, 6.07) is 11.2. The van der Waals surface area contributed by atoms with E-state index in [0.717, 1.165) is 47.5 Å². The fourth-order valence-corrected chi connectivity index (χ4v) is 4.35. The lowest BCUT2D eigenvalue weighted by atomic mass is 10.1. The van der Waals surface area contributed by atoms with E-state index in [-0.39, 0.29) is 11.3 Å². The molecule has 1 aromatic carbocycles. The van der Waals surface area contributed by atoms with Crippen LogP contribution in [0, 0.1) is 19.8 Å². The summed E-state index contributed by atoms with van der Waals surface area (Å²) in [6.07, 6.45) is 0.446. The maximum atomic E-state index is 12.0. The Morgan fingerprint density at radius 2 is 1.90 bits per heavy atom. The molecule has 5 rings (SSSR count). The first-order valence-electron chi connectivity index (χ1n) is 13.1. The van der Waals surface area contributed by atoms with E-state index in [9.17, 15) is 18.0 Å². The molecule has 40 heavy (non-hydrogen) atoms. The average Bonchev–Trinajstić information content (AvgIpc) is 3.53. The Hall–Kier alpha value is -3.63. The summed E-state index contributed by atoms with van der Waals surface area (Å²) in [5.41, 5.74) is 3.67. The number of hydrogen-bond acceptors (Lipinski definition) is 6. The van der Waals surface area contributed by atoms with Crippen LogP contribution < -0.4 is 0 Å². The third kappa shape index (κ3) is 8.69. The number of pyridine rings is 2. The summed E-state index contributed by atoms with van der Waals surface area (Å²) in [7, 11) is 1.76. The normalized spacial score (nSPS) is 15.2. The van der Waals surface area contributed by atoms with Gasteiger partial charge in [0.15, 0.2) is 11.4 Å². The second kappa shape index (κ2) is 14.1. The number of H-pyrrole nitrogens is 1. The van der Waals surface area contributed by atoms with E-state index in [1.54, 1.807) is 25.6 Å². The van der Waals surface area contributed by atoms with Crippen LogP contribution >= 0.6 is 0 Å². The standard InChI is InChI=1S/C14H12N4O.C8H7F3.C8H17NO/c1-8-5-10(3-4-15-8)13-12-6-11(9(2)19)7-16-14(12)18-17-13;1-6-4-2-3-5-7(6)8(9,10)11;1-8-3-4-9(7-8)5-6-10-2/h3-7H,1-2H3,(H,16,17,18);2-5H,1H3;8H,3-7H2,1-2H3. The summed E-state index contributed by atoms with van der Waals surface area (Å²) < 4.78 is 41.1. The molecule has 1 aliphatic rings. The first-order chi connectivity index (χ1) is 19.0. The van der Waals surface area contributed by atoms with Crippen molar-refractivity contribution >= 4 is 16.8 Å². The van der Waals surface area contributed by atoms with Crippen LogP contribution in [0.5, 0.6) is 0 Å². The number of rotatable bonds is 5. The molecular formula is C30H36F3N5O2. The molecule has 1 saturated heterocycles. The van der Waals surface area contributed by atoms with Crippen molar-refractivity contribution in [1.82, 2.24) is 25.1 Å². The predicted octanol–water partition coefficient (Wildman–Crippen LogP) is 6.52. The first-order valence-corrected chi connectivity index (χ1v) is 13.1. The highest BCUT2D eigenvalue weighted by Gasteiger charge is 2.31. The molecule has 0 spiro atoms. The smallest absolute Gasteiger partial charge is 0.383 e. The molecule has 214 valence electrons. The number of ketones is 1. The molecule has 0 amide bonds. The number of carbonyl (C=O) groups excluding carboxylic acids is 1. The van der Waals surface area contributed by atoms with Crippen molar-refractivity contribution in [1.29, 1.82) is 0 Å². The van der Waals surface area contributed by atoms with E-state index in [4.69, 9.17) is 4.74 Å². The Labute approximate surface area is 232 Å². The number of Topliss-reactive ketones (excluding diaryl/α,β-unsaturated/α-hetero) is 1. The molecule has 1 unspecified atom stereocenters. The van der Waals surface area contributed by atoms with Gasteiger partial charge in [-0.25, -0.2) is 4.98 Å². The van der Waals surface area contributed by atoms with Crippen LogP contribution in [0.2, 0.25) is 0 Å². The second-order valence-electron chi connectivity index (χ2n) is 9.94. The van der Waals surface area contributed by atoms with Gasteiger partial charge in [0.2, 0.25) is 0 Å². The third-order valence-corrected chi connectivity index (χ3v) is 6.57.